The van der Waals surface area contributed by atoms with Crippen LogP contribution in [0.4, 0.5) is 14.4 Å². The van der Waals surface area contributed by atoms with Crippen molar-refractivity contribution in [1.29, 1.82) is 0 Å². The second kappa shape index (κ2) is 63.4. The first-order chi connectivity index (χ1) is 55.7. The van der Waals surface area contributed by atoms with E-state index in [0.29, 0.717) is 77.2 Å². The number of aliphatic imine (C=N–C) groups is 4. The molecule has 0 aromatic heterocycles. The SMILES string of the molecule is CC(C)(C)OC(=O)NC(CCCCN=C(N)N[N+](=O)[O-])C(=O)O.CC(Cc1ccccc1)NC(=O)C(CCCCN=C(N)N[N+](=O)[O-])NC(=O)OC(C)(C)C.CC(Cc1ccccc1)NC(=O)C(CCCCN=C(N)N[N+](=O)[O-])NC(=O)OC(C)(C)C.CC(Cc1ccccc1)NC(=O)C(N)CCCCN=C(N)N.CC(N)Cc1ccccc1.Cl.Cl. The quantitative estimate of drug-likeness (QED) is 0.00534. The first-order valence-electron chi connectivity index (χ1n) is 39.2. The van der Waals surface area contributed by atoms with Gasteiger partial charge in [0, 0.05) is 50.3 Å². The van der Waals surface area contributed by atoms with Crippen molar-refractivity contribution >= 4 is 90.6 Å². The standard InChI is InChI=1S/2C21H34N6O5.C16H27N5O.C12H23N5O6.C9H13N.2ClH/c2*1-15(14-16-10-6-5-7-11-16)24-18(28)17(25-20(29)32-21(2,3)4)12-8-9-13-23-19(22)26-27(30)31;1-12(11-13-7-3-2-4-8-13)21-15(22)14(17)9-5-6-10-20-16(18)19;1-12(2,3)23-11(20)15-8(9(18)19)6-4-5-7-14-10(13)16-17(21)22;1-8(10)7-9-5-3-2-4-6-9;;/h2*5-7,10-11,15,17H,8-9,12-14H2,1-4H3,(H,24,28)(H,25,29)(H3,22,23,26);2-4,7-8,12,14H,5-6,9-11,17H2,1H3,(H,21,22)(H4,18,19,20);8H,4-7H2,1-3H3,(H,15,20)(H,18,19)(H3,13,14,16);2-6,8H,7,10H2,1H3;2*1H. The van der Waals surface area contributed by atoms with E-state index in [4.69, 9.17) is 59.5 Å². The largest absolute Gasteiger partial charge is 0.480 e. The molecule has 0 heterocycles. The second-order valence-corrected chi connectivity index (χ2v) is 30.7. The Hall–Kier alpha value is -11.7. The van der Waals surface area contributed by atoms with Gasteiger partial charge in [-0.15, -0.1) is 24.8 Å². The number of hydrazine groups is 3. The third kappa shape index (κ3) is 66.9. The fourth-order valence-electron chi connectivity index (χ4n) is 10.4. The van der Waals surface area contributed by atoms with Crippen molar-refractivity contribution in [3.63, 3.8) is 0 Å². The average Bonchev–Trinajstić information content (AvgIpc) is 0.911. The Morgan fingerprint density at radius 3 is 0.884 bits per heavy atom. The number of unbranched alkanes of at least 4 members (excludes halogenated alkanes) is 4. The maximum atomic E-state index is 12.8. The molecule has 0 bridgehead atoms. The number of benzene rings is 4. The van der Waals surface area contributed by atoms with Crippen LogP contribution in [0.5, 0.6) is 0 Å². The predicted octanol–water partition coefficient (Wildman–Crippen LogP) is 6.94. The average molecular weight is 1750 g/mol. The molecule has 4 aromatic carbocycles. The monoisotopic (exact) mass is 1750 g/mol. The van der Waals surface area contributed by atoms with Gasteiger partial charge in [0.15, 0.2) is 21.1 Å². The fraction of sp³-hybridized carbons (Fsp3) is 0.557. The molecule has 0 aliphatic heterocycles. The zero-order valence-corrected chi connectivity index (χ0v) is 73.4. The summed E-state index contributed by atoms with van der Waals surface area (Å²) in [5.41, 5.74) is 45.8. The highest BCUT2D eigenvalue weighted by Gasteiger charge is 2.28. The topological polar surface area (TPSA) is 637 Å². The van der Waals surface area contributed by atoms with E-state index in [0.717, 1.165) is 36.8 Å². The van der Waals surface area contributed by atoms with E-state index in [1.165, 1.54) is 11.1 Å². The van der Waals surface area contributed by atoms with E-state index >= 15 is 0 Å². The number of ether oxygens (including phenoxy) is 3. The maximum Gasteiger partial charge on any atom is 0.408 e. The van der Waals surface area contributed by atoms with Gasteiger partial charge in [-0.1, -0.05) is 138 Å². The zero-order chi connectivity index (χ0) is 90.1. The van der Waals surface area contributed by atoms with Gasteiger partial charge < -0.3 is 91.4 Å². The van der Waals surface area contributed by atoms with Crippen LogP contribution in [-0.2, 0) is 59.1 Å². The van der Waals surface area contributed by atoms with Gasteiger partial charge in [-0.3, -0.25) is 19.4 Å². The van der Waals surface area contributed by atoms with E-state index in [9.17, 15) is 63.9 Å². The number of guanidine groups is 4. The number of nitrogens with one attached hydrogen (secondary N) is 9. The molecule has 24 N–H and O–H groups in total. The first kappa shape index (κ1) is 114. The summed E-state index contributed by atoms with van der Waals surface area (Å²) in [5.74, 6) is -2.70. The van der Waals surface area contributed by atoms with Crippen LogP contribution in [0.25, 0.3) is 0 Å². The number of carboxylic acids is 1. The van der Waals surface area contributed by atoms with Crippen molar-refractivity contribution in [3.05, 3.63) is 174 Å². The number of hydrogen-bond donors (Lipinski definition) is 17. The Bertz CT molecular complexity index is 3630. The molecule has 8 atom stereocenters. The maximum absolute atomic E-state index is 12.8. The van der Waals surface area contributed by atoms with Crippen molar-refractivity contribution in [2.75, 3.05) is 26.2 Å². The van der Waals surface area contributed by atoms with E-state index in [2.05, 4.69) is 64.0 Å². The summed E-state index contributed by atoms with van der Waals surface area (Å²) < 4.78 is 15.5. The Morgan fingerprint density at radius 2 is 0.628 bits per heavy atom. The molecule has 0 fully saturated rings. The lowest BCUT2D eigenvalue weighted by atomic mass is 10.1. The van der Waals surface area contributed by atoms with Crippen LogP contribution in [0.2, 0.25) is 0 Å². The van der Waals surface area contributed by atoms with E-state index < -0.39 is 80.3 Å². The lowest BCUT2D eigenvalue weighted by Crippen LogP contribution is -2.50. The number of rotatable bonds is 41. The van der Waals surface area contributed by atoms with Crippen molar-refractivity contribution in [3.8, 4) is 0 Å². The highest BCUT2D eigenvalue weighted by Crippen LogP contribution is 2.15. The molecule has 4 aromatic rings. The van der Waals surface area contributed by atoms with Gasteiger partial charge in [-0.25, -0.2) is 64.5 Å². The molecule has 4 rings (SSSR count). The molecule has 40 nitrogen and oxygen atoms in total. The van der Waals surface area contributed by atoms with Crippen LogP contribution in [0, 0.1) is 30.3 Å². The third-order valence-corrected chi connectivity index (χ3v) is 15.4. The lowest BCUT2D eigenvalue weighted by molar-refractivity contribution is -0.525. The smallest absolute Gasteiger partial charge is 0.408 e. The number of amides is 6. The van der Waals surface area contributed by atoms with Gasteiger partial charge in [0.2, 0.25) is 17.7 Å². The summed E-state index contributed by atoms with van der Waals surface area (Å²) in [5, 5.41) is 53.7. The van der Waals surface area contributed by atoms with Crippen molar-refractivity contribution in [1.82, 2.24) is 48.2 Å². The van der Waals surface area contributed by atoms with E-state index in [1.54, 1.807) is 78.6 Å². The van der Waals surface area contributed by atoms with Gasteiger partial charge in [0.25, 0.3) is 17.9 Å². The molecule has 0 spiro atoms. The fourth-order valence-corrected chi connectivity index (χ4v) is 10.4. The van der Waals surface area contributed by atoms with Gasteiger partial charge in [-0.05, 0) is 215 Å². The molecule has 8 unspecified atom stereocenters. The summed E-state index contributed by atoms with van der Waals surface area (Å²) in [6.45, 7) is 24.5. The van der Waals surface area contributed by atoms with Crippen LogP contribution in [0.3, 0.4) is 0 Å². The molecule has 0 aliphatic rings. The Balaban J connectivity index is -0.00000148. The molecule has 0 saturated carbocycles. The zero-order valence-electron chi connectivity index (χ0n) is 71.8. The number of carbonyl (C=O) groups excluding carboxylic acids is 6. The van der Waals surface area contributed by atoms with Crippen LogP contribution < -0.4 is 88.3 Å². The summed E-state index contributed by atoms with van der Waals surface area (Å²) in [6.07, 6.45) is 7.08. The number of hydrogen-bond acceptors (Lipinski definition) is 22. The highest BCUT2D eigenvalue weighted by atomic mass is 35.5. The van der Waals surface area contributed by atoms with E-state index in [-0.39, 0.29) is 117 Å². The van der Waals surface area contributed by atoms with Crippen LogP contribution in [0.15, 0.2) is 141 Å². The summed E-state index contributed by atoms with van der Waals surface area (Å²) in [6, 6.07) is 36.8. The number of nitro groups is 3. The minimum atomic E-state index is -1.17. The van der Waals surface area contributed by atoms with Gasteiger partial charge in [0.05, 0.1) is 6.04 Å². The van der Waals surface area contributed by atoms with Crippen molar-refractivity contribution < 1.29 is 68.0 Å². The predicted molar refractivity (Wildman–Crippen MR) is 473 cm³/mol. The van der Waals surface area contributed by atoms with Gasteiger partial charge in [0.1, 0.15) is 34.9 Å². The summed E-state index contributed by atoms with van der Waals surface area (Å²) in [7, 11) is 0. The minimum Gasteiger partial charge on any atom is -0.480 e. The molecule has 680 valence electrons. The number of carbonyl (C=O) groups is 7. The first-order valence-corrected chi connectivity index (χ1v) is 39.2. The minimum absolute atomic E-state index is 0. The molecule has 0 radical (unpaired) electrons. The molecular weight excluding hydrogens is 1610 g/mol. The van der Waals surface area contributed by atoms with Gasteiger partial charge in [-0.2, -0.15) is 0 Å². The Labute approximate surface area is 721 Å². The van der Waals surface area contributed by atoms with Crippen molar-refractivity contribution in [2.45, 2.75) is 258 Å². The molecule has 0 aliphatic carbocycles. The normalized spacial score (nSPS) is 13.1. The molecule has 42 heteroatoms. The summed E-state index contributed by atoms with van der Waals surface area (Å²) in [4.78, 5) is 131. The molecule has 0 saturated heterocycles. The number of halogens is 2. The molecular formula is C79H133Cl2N23O17. The number of nitrogens with zero attached hydrogens (tertiary/aromatic N) is 7. The van der Waals surface area contributed by atoms with Crippen LogP contribution in [-0.4, -0.2) is 177 Å². The van der Waals surface area contributed by atoms with Crippen LogP contribution >= 0.6 is 24.8 Å². The summed E-state index contributed by atoms with van der Waals surface area (Å²) >= 11 is 0. The van der Waals surface area contributed by atoms with Crippen LogP contribution in [0.1, 0.15) is 189 Å². The highest BCUT2D eigenvalue weighted by molar-refractivity contribution is 5.87. The lowest BCUT2D eigenvalue weighted by Gasteiger charge is -2.24. The number of alkyl carbamates (subject to hydrolysis) is 3. The number of nitrogens with two attached hydrogens (primary N) is 7. The van der Waals surface area contributed by atoms with E-state index in [1.807, 2.05) is 137 Å². The van der Waals surface area contributed by atoms with Gasteiger partial charge >= 0.3 is 24.2 Å². The van der Waals surface area contributed by atoms with Crippen molar-refractivity contribution in [2.24, 2.45) is 60.1 Å². The molecule has 121 heavy (non-hydrogen) atoms. The Morgan fingerprint density at radius 1 is 0.380 bits per heavy atom. The Kier molecular flexibility index (Phi) is 59.5. The third-order valence-electron chi connectivity index (χ3n) is 15.4. The second-order valence-electron chi connectivity index (χ2n) is 30.7. The molecule has 6 amide bonds. The number of carboxylic acid groups (broad SMARTS) is 1. The number of aliphatic carboxylic acids is 1.